The Morgan fingerprint density at radius 3 is 2.74 bits per heavy atom. The number of nitrogens with two attached hydrogens (primary N) is 1. The second-order valence-corrected chi connectivity index (χ2v) is 5.26. The van der Waals surface area contributed by atoms with Gasteiger partial charge in [-0.25, -0.2) is 0 Å². The van der Waals surface area contributed by atoms with Gasteiger partial charge in [0.05, 0.1) is 9.95 Å². The zero-order valence-corrected chi connectivity index (χ0v) is 12.1. The van der Waals surface area contributed by atoms with Crippen molar-refractivity contribution >= 4 is 40.6 Å². The fourth-order valence-electron chi connectivity index (χ4n) is 1.43. The van der Waals surface area contributed by atoms with Gasteiger partial charge in [-0.3, -0.25) is 14.9 Å². The number of nitrogens with zero attached hydrogens (tertiary/aromatic N) is 2. The van der Waals surface area contributed by atoms with Gasteiger partial charge in [0.15, 0.2) is 0 Å². The quantitative estimate of drug-likeness (QED) is 0.512. The largest absolute Gasteiger partial charge is 0.392 e. The first-order valence-electron chi connectivity index (χ1n) is 5.36. The number of anilines is 1. The highest BCUT2D eigenvalue weighted by Gasteiger charge is 2.21. The fourth-order valence-corrected chi connectivity index (χ4v) is 2.10. The lowest BCUT2D eigenvalue weighted by Gasteiger charge is -2.16. The number of thioether (sulfide) groups is 1. The lowest BCUT2D eigenvalue weighted by Crippen LogP contribution is -2.29. The topological polar surface area (TPSA) is 89.5 Å². The van der Waals surface area contributed by atoms with Crippen LogP contribution in [0, 0.1) is 10.1 Å². The van der Waals surface area contributed by atoms with Crippen molar-refractivity contribution in [2.75, 3.05) is 31.3 Å². The molecule has 0 saturated heterocycles. The van der Waals surface area contributed by atoms with Crippen molar-refractivity contribution in [2.45, 2.75) is 0 Å². The highest BCUT2D eigenvalue weighted by Crippen LogP contribution is 2.31. The van der Waals surface area contributed by atoms with E-state index >= 15 is 0 Å². The molecule has 0 heterocycles. The zero-order chi connectivity index (χ0) is 14.6. The van der Waals surface area contributed by atoms with Crippen molar-refractivity contribution < 1.29 is 9.72 Å². The van der Waals surface area contributed by atoms with Crippen molar-refractivity contribution in [3.8, 4) is 0 Å². The molecule has 1 amide bonds. The van der Waals surface area contributed by atoms with Crippen molar-refractivity contribution in [2.24, 2.45) is 0 Å². The summed E-state index contributed by atoms with van der Waals surface area (Å²) in [6.07, 6.45) is 1.93. The number of halogens is 1. The lowest BCUT2D eigenvalue weighted by molar-refractivity contribution is -0.383. The number of hydrogen-bond donors (Lipinski definition) is 1. The number of nitro groups is 1. The van der Waals surface area contributed by atoms with E-state index in [0.717, 1.165) is 11.8 Å². The molecule has 0 aromatic heterocycles. The highest BCUT2D eigenvalue weighted by atomic mass is 35.5. The van der Waals surface area contributed by atoms with Gasteiger partial charge in [-0.2, -0.15) is 11.8 Å². The molecule has 8 heteroatoms. The van der Waals surface area contributed by atoms with E-state index in [1.165, 1.54) is 11.0 Å². The molecular weight excluding hydrogens is 290 g/mol. The van der Waals surface area contributed by atoms with Gasteiger partial charge in [0.25, 0.3) is 11.6 Å². The summed E-state index contributed by atoms with van der Waals surface area (Å²) in [7, 11) is 1.63. The third-order valence-corrected chi connectivity index (χ3v) is 3.43. The van der Waals surface area contributed by atoms with Crippen molar-refractivity contribution in [3.63, 3.8) is 0 Å². The minimum atomic E-state index is -0.653. The van der Waals surface area contributed by atoms with Crippen LogP contribution in [0.15, 0.2) is 12.1 Å². The molecular formula is C11H14ClN3O3S. The third-order valence-electron chi connectivity index (χ3n) is 2.53. The zero-order valence-electron chi connectivity index (χ0n) is 10.6. The summed E-state index contributed by atoms with van der Waals surface area (Å²) in [5.74, 6) is 0.464. The molecule has 1 aromatic carbocycles. The van der Waals surface area contributed by atoms with Crippen LogP contribution in [0.25, 0.3) is 0 Å². The molecule has 2 N–H and O–H groups in total. The average molecular weight is 304 g/mol. The number of carbonyl (C=O) groups excluding carboxylic acids is 1. The molecule has 0 radical (unpaired) electrons. The van der Waals surface area contributed by atoms with E-state index < -0.39 is 4.92 Å². The van der Waals surface area contributed by atoms with Gasteiger partial charge in [-0.1, -0.05) is 11.6 Å². The van der Waals surface area contributed by atoms with Gasteiger partial charge in [-0.05, 0) is 12.3 Å². The summed E-state index contributed by atoms with van der Waals surface area (Å²) in [5.41, 5.74) is 5.19. The smallest absolute Gasteiger partial charge is 0.294 e. The SMILES string of the molecule is CSCCN(C)C(=O)c1cc(Cl)c(N)c([N+](=O)[O-])c1. The molecule has 1 aromatic rings. The molecule has 0 aliphatic rings. The van der Waals surface area contributed by atoms with Crippen LogP contribution in [0.2, 0.25) is 5.02 Å². The van der Waals surface area contributed by atoms with Gasteiger partial charge < -0.3 is 10.6 Å². The minimum absolute atomic E-state index is 0.0100. The Labute approximate surface area is 120 Å². The first kappa shape index (κ1) is 15.6. The molecule has 6 nitrogen and oxygen atoms in total. The molecule has 0 atom stereocenters. The molecule has 0 spiro atoms. The number of amides is 1. The second-order valence-electron chi connectivity index (χ2n) is 3.87. The van der Waals surface area contributed by atoms with Crippen LogP contribution in [0.1, 0.15) is 10.4 Å². The Bertz CT molecular complexity index is 510. The maximum absolute atomic E-state index is 12.1. The van der Waals surface area contributed by atoms with E-state index in [0.29, 0.717) is 6.54 Å². The van der Waals surface area contributed by atoms with E-state index in [4.69, 9.17) is 17.3 Å². The first-order valence-corrected chi connectivity index (χ1v) is 7.13. The minimum Gasteiger partial charge on any atom is -0.392 e. The Morgan fingerprint density at radius 2 is 2.21 bits per heavy atom. The van der Waals surface area contributed by atoms with Crippen molar-refractivity contribution in [1.82, 2.24) is 4.90 Å². The van der Waals surface area contributed by atoms with Crippen LogP contribution in [-0.4, -0.2) is 41.3 Å². The molecule has 19 heavy (non-hydrogen) atoms. The molecule has 0 aliphatic carbocycles. The van der Waals surface area contributed by atoms with Gasteiger partial charge in [0.2, 0.25) is 0 Å². The van der Waals surface area contributed by atoms with E-state index in [2.05, 4.69) is 0 Å². The molecule has 104 valence electrons. The van der Waals surface area contributed by atoms with E-state index in [-0.39, 0.29) is 27.9 Å². The molecule has 0 unspecified atom stereocenters. The van der Waals surface area contributed by atoms with Crippen molar-refractivity contribution in [3.05, 3.63) is 32.8 Å². The number of hydrogen-bond acceptors (Lipinski definition) is 5. The normalized spacial score (nSPS) is 10.3. The predicted molar refractivity (Wildman–Crippen MR) is 77.9 cm³/mol. The lowest BCUT2D eigenvalue weighted by atomic mass is 10.1. The summed E-state index contributed by atoms with van der Waals surface area (Å²) in [6, 6.07) is 2.50. The van der Waals surface area contributed by atoms with Gasteiger partial charge in [-0.15, -0.1) is 0 Å². The molecule has 0 aliphatic heterocycles. The Hall–Kier alpha value is -1.47. The average Bonchev–Trinajstić information content (AvgIpc) is 2.37. The van der Waals surface area contributed by atoms with Crippen LogP contribution in [-0.2, 0) is 0 Å². The van der Waals surface area contributed by atoms with Crippen LogP contribution < -0.4 is 5.73 Å². The first-order chi connectivity index (χ1) is 8.88. The Balaban J connectivity index is 3.07. The summed E-state index contributed by atoms with van der Waals surface area (Å²) in [5, 5.41) is 10.8. The standard InChI is InChI=1S/C11H14ClN3O3S/c1-14(3-4-19-2)11(16)7-5-8(12)10(13)9(6-7)15(17)18/h5-6H,3-4,13H2,1-2H3. The van der Waals surface area contributed by atoms with Crippen LogP contribution in [0.3, 0.4) is 0 Å². The molecule has 1 rings (SSSR count). The number of nitro benzene ring substituents is 1. The predicted octanol–water partition coefficient (Wildman–Crippen LogP) is 2.27. The number of carbonyl (C=O) groups is 1. The van der Waals surface area contributed by atoms with E-state index in [9.17, 15) is 14.9 Å². The van der Waals surface area contributed by atoms with Crippen molar-refractivity contribution in [1.29, 1.82) is 0 Å². The molecule has 0 saturated carbocycles. The van der Waals surface area contributed by atoms with Gasteiger partial charge in [0, 0.05) is 31.0 Å². The molecule has 0 fully saturated rings. The fraction of sp³-hybridized carbons (Fsp3) is 0.364. The number of nitrogen functional groups attached to an aromatic ring is 1. The van der Waals surface area contributed by atoms with Crippen LogP contribution >= 0.6 is 23.4 Å². The number of rotatable bonds is 5. The Morgan fingerprint density at radius 1 is 1.58 bits per heavy atom. The van der Waals surface area contributed by atoms with Gasteiger partial charge in [0.1, 0.15) is 5.69 Å². The second kappa shape index (κ2) is 6.63. The summed E-state index contributed by atoms with van der Waals surface area (Å²) >= 11 is 7.42. The molecule has 0 bridgehead atoms. The van der Waals surface area contributed by atoms with Crippen LogP contribution in [0.5, 0.6) is 0 Å². The van der Waals surface area contributed by atoms with Gasteiger partial charge >= 0.3 is 0 Å². The summed E-state index contributed by atoms with van der Waals surface area (Å²) < 4.78 is 0. The monoisotopic (exact) mass is 303 g/mol. The van der Waals surface area contributed by atoms with Crippen LogP contribution in [0.4, 0.5) is 11.4 Å². The third kappa shape index (κ3) is 3.74. The number of benzene rings is 1. The summed E-state index contributed by atoms with van der Waals surface area (Å²) in [4.78, 5) is 23.7. The maximum atomic E-state index is 12.1. The van der Waals surface area contributed by atoms with E-state index in [1.807, 2.05) is 6.26 Å². The maximum Gasteiger partial charge on any atom is 0.294 e. The highest BCUT2D eigenvalue weighted by molar-refractivity contribution is 7.98. The summed E-state index contributed by atoms with van der Waals surface area (Å²) in [6.45, 7) is 0.551. The Kier molecular flexibility index (Phi) is 5.44. The van der Waals surface area contributed by atoms with E-state index in [1.54, 1.807) is 18.8 Å².